The zero-order valence-electron chi connectivity index (χ0n) is 13.0. The van der Waals surface area contributed by atoms with Crippen molar-refractivity contribution in [2.24, 2.45) is 17.7 Å². The number of hydrogen-bond donors (Lipinski definition) is 2. The molecule has 0 spiro atoms. The van der Waals surface area contributed by atoms with Gasteiger partial charge in [-0.3, -0.25) is 16.0 Å². The normalized spacial score (nSPS) is 30.8. The van der Waals surface area contributed by atoms with Crippen LogP contribution in [0.25, 0.3) is 0 Å². The van der Waals surface area contributed by atoms with Crippen LogP contribution in [-0.2, 0) is 16.0 Å². The van der Waals surface area contributed by atoms with Crippen LogP contribution in [0.5, 0.6) is 0 Å². The van der Waals surface area contributed by atoms with Gasteiger partial charge in [0.05, 0.1) is 48.3 Å². The number of nitrogens with one attached hydrogen (secondary N) is 1. The first-order chi connectivity index (χ1) is 10.0. The molecule has 0 radical (unpaired) electrons. The van der Waals surface area contributed by atoms with Gasteiger partial charge in [-0.2, -0.15) is 5.10 Å². The molecule has 0 bridgehead atoms. The number of halogens is 1. The summed E-state index contributed by atoms with van der Waals surface area (Å²) in [5.74, 6) is 6.46. The third kappa shape index (κ3) is 3.24. The Morgan fingerprint density at radius 3 is 2.71 bits per heavy atom. The first kappa shape index (κ1) is 16.7. The Morgan fingerprint density at radius 2 is 2.19 bits per heavy atom. The Morgan fingerprint density at radius 1 is 1.48 bits per heavy atom. The highest BCUT2D eigenvalue weighted by atomic mass is 35.5. The molecular weight excluding hydrogens is 292 g/mol. The van der Waals surface area contributed by atoms with Crippen molar-refractivity contribution in [1.29, 1.82) is 0 Å². The van der Waals surface area contributed by atoms with Crippen molar-refractivity contribution in [3.63, 3.8) is 0 Å². The van der Waals surface area contributed by atoms with Gasteiger partial charge in [0.1, 0.15) is 0 Å². The van der Waals surface area contributed by atoms with Crippen LogP contribution in [0.4, 0.5) is 0 Å². The van der Waals surface area contributed by atoms with E-state index in [4.69, 9.17) is 26.9 Å². The van der Waals surface area contributed by atoms with Crippen LogP contribution in [0.15, 0.2) is 6.20 Å². The van der Waals surface area contributed by atoms with Gasteiger partial charge in [-0.15, -0.1) is 0 Å². The van der Waals surface area contributed by atoms with Crippen molar-refractivity contribution in [2.45, 2.75) is 45.6 Å². The summed E-state index contributed by atoms with van der Waals surface area (Å²) in [7, 11) is 1.67. The number of nitrogens with two attached hydrogens (primary N) is 1. The monoisotopic (exact) mass is 316 g/mol. The van der Waals surface area contributed by atoms with E-state index < -0.39 is 0 Å². The van der Waals surface area contributed by atoms with Crippen LogP contribution in [0.3, 0.4) is 0 Å². The average Bonchev–Trinajstić information content (AvgIpc) is 2.93. The average molecular weight is 317 g/mol. The topological polar surface area (TPSA) is 74.3 Å². The number of rotatable bonds is 6. The first-order valence-electron chi connectivity index (χ1n) is 7.33. The number of hydrogen-bond acceptors (Lipinski definition) is 5. The molecule has 7 heteroatoms. The van der Waals surface area contributed by atoms with Crippen molar-refractivity contribution >= 4 is 11.6 Å². The molecule has 0 aliphatic carbocycles. The van der Waals surface area contributed by atoms with Crippen LogP contribution in [-0.4, -0.2) is 35.7 Å². The van der Waals surface area contributed by atoms with Crippen LogP contribution in [0, 0.1) is 11.8 Å². The van der Waals surface area contributed by atoms with E-state index in [-0.39, 0.29) is 24.2 Å². The van der Waals surface area contributed by atoms with E-state index in [0.717, 1.165) is 5.69 Å². The lowest BCUT2D eigenvalue weighted by molar-refractivity contribution is 0.0470. The maximum atomic E-state index is 6.35. The maximum absolute atomic E-state index is 6.35. The molecule has 1 aliphatic heterocycles. The lowest BCUT2D eigenvalue weighted by Crippen LogP contribution is -2.40. The fourth-order valence-electron chi connectivity index (χ4n) is 3.28. The molecule has 0 aromatic carbocycles. The quantitative estimate of drug-likeness (QED) is 0.618. The molecule has 0 amide bonds. The van der Waals surface area contributed by atoms with Crippen molar-refractivity contribution in [2.75, 3.05) is 13.7 Å². The van der Waals surface area contributed by atoms with Crippen molar-refractivity contribution in [3.05, 3.63) is 16.9 Å². The molecule has 0 saturated carbocycles. The molecule has 1 aromatic rings. The Bertz CT molecular complexity index is 468. The van der Waals surface area contributed by atoms with E-state index in [1.165, 1.54) is 0 Å². The molecule has 3 N–H and O–H groups in total. The van der Waals surface area contributed by atoms with E-state index in [0.29, 0.717) is 24.1 Å². The lowest BCUT2D eigenvalue weighted by atomic mass is 9.82. The third-order valence-electron chi connectivity index (χ3n) is 4.52. The van der Waals surface area contributed by atoms with Crippen LogP contribution >= 0.6 is 11.6 Å². The zero-order valence-corrected chi connectivity index (χ0v) is 13.8. The molecule has 2 heterocycles. The number of methoxy groups -OCH3 is 1. The minimum atomic E-state index is -0.105. The summed E-state index contributed by atoms with van der Waals surface area (Å²) < 4.78 is 12.9. The Kier molecular flexibility index (Phi) is 5.62. The summed E-state index contributed by atoms with van der Waals surface area (Å²) in [6.45, 7) is 7.58. The van der Waals surface area contributed by atoms with E-state index >= 15 is 0 Å². The highest BCUT2D eigenvalue weighted by Crippen LogP contribution is 2.41. The fourth-order valence-corrected chi connectivity index (χ4v) is 3.54. The fraction of sp³-hybridized carbons (Fsp3) is 0.786. The Hall–Kier alpha value is -0.660. The second-order valence-corrected chi connectivity index (χ2v) is 6.13. The van der Waals surface area contributed by atoms with Crippen molar-refractivity contribution in [1.82, 2.24) is 15.2 Å². The van der Waals surface area contributed by atoms with Gasteiger partial charge in [-0.05, 0) is 19.8 Å². The number of aromatic nitrogens is 2. The number of ether oxygens (including phenoxy) is 2. The largest absolute Gasteiger partial charge is 0.383 e. The minimum absolute atomic E-state index is 0.105. The molecule has 1 aromatic heterocycles. The molecule has 2 rings (SSSR count). The molecule has 5 atom stereocenters. The van der Waals surface area contributed by atoms with Gasteiger partial charge in [-0.1, -0.05) is 18.5 Å². The molecule has 1 aliphatic rings. The van der Waals surface area contributed by atoms with E-state index in [1.54, 1.807) is 13.3 Å². The van der Waals surface area contributed by atoms with Gasteiger partial charge in [0.25, 0.3) is 0 Å². The van der Waals surface area contributed by atoms with Gasteiger partial charge in [0, 0.05) is 13.0 Å². The predicted octanol–water partition coefficient (Wildman–Crippen LogP) is 1.75. The second kappa shape index (κ2) is 7.07. The number of nitrogens with zero attached hydrogens (tertiary/aromatic N) is 2. The van der Waals surface area contributed by atoms with Gasteiger partial charge in [-0.25, -0.2) is 0 Å². The molecule has 1 fully saturated rings. The third-order valence-corrected chi connectivity index (χ3v) is 4.81. The Labute approximate surface area is 130 Å². The number of hydrazine groups is 1. The van der Waals surface area contributed by atoms with Crippen LogP contribution in [0.1, 0.15) is 32.5 Å². The summed E-state index contributed by atoms with van der Waals surface area (Å²) in [6.07, 6.45) is 1.97. The smallest absolute Gasteiger partial charge is 0.0834 e. The Balaban J connectivity index is 2.31. The minimum Gasteiger partial charge on any atom is -0.383 e. The predicted molar refractivity (Wildman–Crippen MR) is 81.8 cm³/mol. The van der Waals surface area contributed by atoms with Crippen LogP contribution < -0.4 is 11.3 Å². The summed E-state index contributed by atoms with van der Waals surface area (Å²) >= 11 is 6.35. The second-order valence-electron chi connectivity index (χ2n) is 5.72. The van der Waals surface area contributed by atoms with E-state index in [9.17, 15) is 0 Å². The summed E-state index contributed by atoms with van der Waals surface area (Å²) in [5.41, 5.74) is 3.82. The van der Waals surface area contributed by atoms with Gasteiger partial charge in [0.15, 0.2) is 0 Å². The van der Waals surface area contributed by atoms with Crippen molar-refractivity contribution in [3.8, 4) is 0 Å². The standard InChI is InChI=1S/C14H25ClN4O2/c1-8-9(2)21-10(3)12(8)13(18-16)14-11(15)7-17-19(14)5-6-20-4/h7-10,12-13,18H,5-6,16H2,1-4H3. The molecule has 5 unspecified atom stereocenters. The molecule has 120 valence electrons. The summed E-state index contributed by atoms with van der Waals surface area (Å²) in [5, 5.41) is 4.95. The van der Waals surface area contributed by atoms with E-state index in [2.05, 4.69) is 31.3 Å². The first-order valence-corrected chi connectivity index (χ1v) is 7.70. The molecule has 6 nitrogen and oxygen atoms in total. The van der Waals surface area contributed by atoms with Gasteiger partial charge >= 0.3 is 0 Å². The molecule has 1 saturated heterocycles. The van der Waals surface area contributed by atoms with Gasteiger partial charge < -0.3 is 9.47 Å². The highest BCUT2D eigenvalue weighted by molar-refractivity contribution is 6.31. The summed E-state index contributed by atoms with van der Waals surface area (Å²) in [6, 6.07) is -0.105. The molecular formula is C14H25ClN4O2. The zero-order chi connectivity index (χ0) is 15.6. The van der Waals surface area contributed by atoms with Crippen molar-refractivity contribution < 1.29 is 9.47 Å². The summed E-state index contributed by atoms with van der Waals surface area (Å²) in [4.78, 5) is 0. The molecule has 21 heavy (non-hydrogen) atoms. The SMILES string of the molecule is COCCn1ncc(Cl)c1C(NN)C1C(C)OC(C)C1C. The lowest BCUT2D eigenvalue weighted by Gasteiger charge is -2.29. The van der Waals surface area contributed by atoms with Gasteiger partial charge in [0.2, 0.25) is 0 Å². The van der Waals surface area contributed by atoms with E-state index in [1.807, 2.05) is 4.68 Å². The maximum Gasteiger partial charge on any atom is 0.0834 e. The highest BCUT2D eigenvalue weighted by Gasteiger charge is 2.43. The van der Waals surface area contributed by atoms with Crippen LogP contribution in [0.2, 0.25) is 5.02 Å².